The van der Waals surface area contributed by atoms with Crippen LogP contribution in [0.1, 0.15) is 57.5 Å². The Bertz CT molecular complexity index is 1090. The van der Waals surface area contributed by atoms with E-state index in [2.05, 4.69) is 23.3 Å². The molecule has 4 rings (SSSR count). The monoisotopic (exact) mass is 514 g/mol. The molecule has 34 heavy (non-hydrogen) atoms. The molecule has 1 atom stereocenters. The van der Waals surface area contributed by atoms with Gasteiger partial charge in [-0.2, -0.15) is 0 Å². The number of amides is 1. The van der Waals surface area contributed by atoms with Crippen molar-refractivity contribution in [1.82, 2.24) is 9.80 Å². The van der Waals surface area contributed by atoms with Gasteiger partial charge in [-0.1, -0.05) is 47.5 Å². The van der Waals surface area contributed by atoms with Crippen molar-refractivity contribution in [3.63, 3.8) is 0 Å². The lowest BCUT2D eigenvalue weighted by atomic mass is 9.89. The van der Waals surface area contributed by atoms with Gasteiger partial charge in [0.25, 0.3) is 5.91 Å². The minimum absolute atomic E-state index is 0.0395. The molecule has 2 aromatic carbocycles. The van der Waals surface area contributed by atoms with Gasteiger partial charge in [-0.25, -0.2) is 0 Å². The van der Waals surface area contributed by atoms with Crippen LogP contribution < -0.4 is 0 Å². The number of rotatable bonds is 8. The number of hydrogen-bond acceptors (Lipinski definition) is 3. The first kappa shape index (κ1) is 25.2. The number of likely N-dealkylation sites (N-methyl/N-ethyl adjacent to an activating group) is 1. The molecule has 1 aliphatic heterocycles. The highest BCUT2D eigenvalue weighted by Crippen LogP contribution is 2.34. The van der Waals surface area contributed by atoms with Crippen LogP contribution in [0, 0.1) is 6.92 Å². The van der Waals surface area contributed by atoms with Crippen molar-refractivity contribution < 1.29 is 4.79 Å². The summed E-state index contributed by atoms with van der Waals surface area (Å²) in [5.74, 6) is 0.907. The molecule has 1 amide bonds. The molecule has 3 nitrogen and oxygen atoms in total. The third-order valence-electron chi connectivity index (χ3n) is 7.00. The Morgan fingerprint density at radius 1 is 1.09 bits per heavy atom. The lowest BCUT2D eigenvalue weighted by Crippen LogP contribution is -2.36. The summed E-state index contributed by atoms with van der Waals surface area (Å²) >= 11 is 14.4. The van der Waals surface area contributed by atoms with Crippen LogP contribution in [0.2, 0.25) is 10.0 Å². The number of carbonyl (C=O) groups is 1. The van der Waals surface area contributed by atoms with Gasteiger partial charge in [0.05, 0.1) is 10.0 Å². The Balaban J connectivity index is 1.41. The average molecular weight is 516 g/mol. The zero-order chi connectivity index (χ0) is 24.1. The fraction of sp³-hybridized carbons (Fsp3) is 0.393. The lowest BCUT2D eigenvalue weighted by Gasteiger charge is -2.33. The number of benzene rings is 2. The number of piperidine rings is 1. The second kappa shape index (κ2) is 11.7. The molecule has 1 fully saturated rings. The largest absolute Gasteiger partial charge is 0.341 e. The van der Waals surface area contributed by atoms with E-state index >= 15 is 0 Å². The maximum Gasteiger partial charge on any atom is 0.253 e. The Hall–Kier alpha value is -1.85. The van der Waals surface area contributed by atoms with Crippen molar-refractivity contribution >= 4 is 40.4 Å². The van der Waals surface area contributed by atoms with Gasteiger partial charge in [-0.15, -0.1) is 11.3 Å². The first-order valence-electron chi connectivity index (χ1n) is 11.9. The summed E-state index contributed by atoms with van der Waals surface area (Å²) in [6.07, 6.45) is 3.38. The highest BCUT2D eigenvalue weighted by Gasteiger charge is 2.24. The Kier molecular flexibility index (Phi) is 8.70. The highest BCUT2D eigenvalue weighted by atomic mass is 35.5. The van der Waals surface area contributed by atoms with Crippen LogP contribution in [-0.4, -0.2) is 48.9 Å². The van der Waals surface area contributed by atoms with Gasteiger partial charge in [0.1, 0.15) is 0 Å². The SMILES string of the molecule is Cc1sccc1C1CCN(CCC(CN(C)C(=O)c2ccccc2)c2ccc(Cl)c(Cl)c2)CC1. The van der Waals surface area contributed by atoms with Gasteiger partial charge >= 0.3 is 0 Å². The molecule has 0 radical (unpaired) electrons. The molecule has 180 valence electrons. The number of likely N-dealkylation sites (tertiary alicyclic amines) is 1. The van der Waals surface area contributed by atoms with E-state index < -0.39 is 0 Å². The Morgan fingerprint density at radius 2 is 1.82 bits per heavy atom. The lowest BCUT2D eigenvalue weighted by molar-refractivity contribution is 0.0781. The molecule has 2 heterocycles. The number of halogens is 2. The minimum Gasteiger partial charge on any atom is -0.341 e. The first-order valence-corrected chi connectivity index (χ1v) is 13.6. The topological polar surface area (TPSA) is 23.6 Å². The molecular weight excluding hydrogens is 483 g/mol. The van der Waals surface area contributed by atoms with E-state index in [1.54, 1.807) is 5.56 Å². The van der Waals surface area contributed by atoms with Crippen LogP contribution in [-0.2, 0) is 0 Å². The summed E-state index contributed by atoms with van der Waals surface area (Å²) in [4.78, 5) is 18.8. The van der Waals surface area contributed by atoms with E-state index in [4.69, 9.17) is 23.2 Å². The number of aryl methyl sites for hydroxylation is 1. The van der Waals surface area contributed by atoms with E-state index in [1.807, 2.05) is 71.8 Å². The fourth-order valence-corrected chi connectivity index (χ4v) is 6.06. The van der Waals surface area contributed by atoms with Crippen molar-refractivity contribution in [2.24, 2.45) is 0 Å². The van der Waals surface area contributed by atoms with Crippen LogP contribution in [0.5, 0.6) is 0 Å². The second-order valence-electron chi connectivity index (χ2n) is 9.26. The number of hydrogen-bond donors (Lipinski definition) is 0. The van der Waals surface area contributed by atoms with Crippen molar-refractivity contribution in [3.05, 3.63) is 91.6 Å². The van der Waals surface area contributed by atoms with Gasteiger partial charge < -0.3 is 9.80 Å². The van der Waals surface area contributed by atoms with Crippen molar-refractivity contribution in [2.75, 3.05) is 33.2 Å². The Labute approximate surface area is 217 Å². The van der Waals surface area contributed by atoms with Gasteiger partial charge in [-0.05, 0) is 98.6 Å². The summed E-state index contributed by atoms with van der Waals surface area (Å²) in [6, 6.07) is 17.6. The third-order valence-corrected chi connectivity index (χ3v) is 8.60. The summed E-state index contributed by atoms with van der Waals surface area (Å²) < 4.78 is 0. The fourth-order valence-electron chi connectivity index (χ4n) is 4.97. The van der Waals surface area contributed by atoms with Crippen LogP contribution in [0.15, 0.2) is 60.0 Å². The number of carbonyl (C=O) groups excluding carboxylic acids is 1. The van der Waals surface area contributed by atoms with Gasteiger partial charge in [0.2, 0.25) is 0 Å². The van der Waals surface area contributed by atoms with Crippen LogP contribution in [0.25, 0.3) is 0 Å². The van der Waals surface area contributed by atoms with Crippen LogP contribution in [0.4, 0.5) is 0 Å². The minimum atomic E-state index is 0.0395. The first-order chi connectivity index (χ1) is 16.4. The summed E-state index contributed by atoms with van der Waals surface area (Å²) in [5, 5.41) is 3.34. The molecule has 0 aliphatic carbocycles. The van der Waals surface area contributed by atoms with E-state index in [1.165, 1.54) is 17.7 Å². The van der Waals surface area contributed by atoms with Gasteiger partial charge in [0.15, 0.2) is 0 Å². The van der Waals surface area contributed by atoms with Crippen LogP contribution in [0.3, 0.4) is 0 Å². The quantitative estimate of drug-likeness (QED) is 0.310. The molecule has 1 aromatic heterocycles. The average Bonchev–Trinajstić information content (AvgIpc) is 3.29. The van der Waals surface area contributed by atoms with Gasteiger partial charge in [0, 0.05) is 30.0 Å². The molecule has 1 aliphatic rings. The maximum absolute atomic E-state index is 13.0. The molecule has 0 N–H and O–H groups in total. The molecule has 0 spiro atoms. The smallest absolute Gasteiger partial charge is 0.253 e. The van der Waals surface area contributed by atoms with E-state index in [0.29, 0.717) is 28.1 Å². The normalized spacial score (nSPS) is 15.9. The summed E-state index contributed by atoms with van der Waals surface area (Å²) in [6.45, 7) is 6.12. The predicted molar refractivity (Wildman–Crippen MR) is 145 cm³/mol. The predicted octanol–water partition coefficient (Wildman–Crippen LogP) is 7.49. The van der Waals surface area contributed by atoms with Crippen LogP contribution >= 0.6 is 34.5 Å². The number of nitrogens with zero attached hydrogens (tertiary/aromatic N) is 2. The number of thiophene rings is 1. The zero-order valence-electron chi connectivity index (χ0n) is 19.8. The molecule has 1 saturated heterocycles. The summed E-state index contributed by atoms with van der Waals surface area (Å²) in [5.41, 5.74) is 3.38. The molecule has 0 bridgehead atoms. The van der Waals surface area contributed by atoms with Crippen molar-refractivity contribution in [2.45, 2.75) is 38.0 Å². The standard InChI is InChI=1S/C28H32Cl2N2OS/c1-20-25(13-17-34-20)21-10-14-32(15-11-21)16-12-24(23-8-9-26(29)27(30)18-23)19-31(2)28(33)22-6-4-3-5-7-22/h3-9,13,17-18,21,24H,10-12,14-16,19H2,1-2H3. The zero-order valence-corrected chi connectivity index (χ0v) is 22.2. The van der Waals surface area contributed by atoms with Gasteiger partial charge in [-0.3, -0.25) is 4.79 Å². The highest BCUT2D eigenvalue weighted by molar-refractivity contribution is 7.10. The molecular formula is C28H32Cl2N2OS. The third kappa shape index (κ3) is 6.23. The maximum atomic E-state index is 13.0. The molecule has 1 unspecified atom stereocenters. The summed E-state index contributed by atoms with van der Waals surface area (Å²) in [7, 11) is 1.88. The molecule has 6 heteroatoms. The van der Waals surface area contributed by atoms with E-state index in [-0.39, 0.29) is 11.8 Å². The second-order valence-corrected chi connectivity index (χ2v) is 11.2. The van der Waals surface area contributed by atoms with E-state index in [0.717, 1.165) is 31.6 Å². The molecule has 0 saturated carbocycles. The van der Waals surface area contributed by atoms with E-state index in [9.17, 15) is 4.79 Å². The molecule has 3 aromatic rings. The van der Waals surface area contributed by atoms with Crippen molar-refractivity contribution in [3.8, 4) is 0 Å². The Morgan fingerprint density at radius 3 is 2.47 bits per heavy atom. The van der Waals surface area contributed by atoms with Crippen molar-refractivity contribution in [1.29, 1.82) is 0 Å².